The standard InChI is InChI=1S/C22H29N5O2/c1-29-21-7-5-19(6-8-21)25-11-13-26(14-12-25)20-3-2-10-27(16-20)22(28)9-4-18-15-23-17-24-18/h4-9,15,17,20H,2-3,10-14,16H2,1H3,(H,23,24). The summed E-state index contributed by atoms with van der Waals surface area (Å²) >= 11 is 0. The number of aromatic nitrogens is 2. The third kappa shape index (κ3) is 4.79. The summed E-state index contributed by atoms with van der Waals surface area (Å²) in [7, 11) is 1.69. The SMILES string of the molecule is COc1ccc(N2CCN(C3CCCN(C(=O)C=Cc4cnc[nH]4)C3)CC2)cc1. The Hall–Kier alpha value is -2.80. The maximum Gasteiger partial charge on any atom is 0.246 e. The number of carbonyl (C=O) groups excluding carboxylic acids is 1. The molecule has 1 aromatic heterocycles. The summed E-state index contributed by atoms with van der Waals surface area (Å²) in [4.78, 5) is 26.5. The number of anilines is 1. The molecule has 0 aliphatic carbocycles. The van der Waals surface area contributed by atoms with Crippen LogP contribution in [0.25, 0.3) is 6.08 Å². The van der Waals surface area contributed by atoms with Gasteiger partial charge in [-0.05, 0) is 43.2 Å². The second kappa shape index (κ2) is 9.13. The molecule has 2 aliphatic rings. The number of nitrogens with one attached hydrogen (secondary N) is 1. The Bertz CT molecular complexity index is 810. The van der Waals surface area contributed by atoms with Crippen LogP contribution in [-0.2, 0) is 4.79 Å². The number of methoxy groups -OCH3 is 1. The quantitative estimate of drug-likeness (QED) is 0.787. The highest BCUT2D eigenvalue weighted by Crippen LogP contribution is 2.23. The summed E-state index contributed by atoms with van der Waals surface area (Å²) in [5, 5.41) is 0. The van der Waals surface area contributed by atoms with E-state index in [-0.39, 0.29) is 5.91 Å². The lowest BCUT2D eigenvalue weighted by molar-refractivity contribution is -0.128. The number of H-pyrrole nitrogens is 1. The van der Waals surface area contributed by atoms with Gasteiger partial charge < -0.3 is 19.5 Å². The predicted octanol–water partition coefficient (Wildman–Crippen LogP) is 2.24. The fourth-order valence-corrected chi connectivity index (χ4v) is 4.22. The van der Waals surface area contributed by atoms with Crippen LogP contribution in [0.4, 0.5) is 5.69 Å². The molecule has 1 N–H and O–H groups in total. The number of ether oxygens (including phenoxy) is 1. The van der Waals surface area contributed by atoms with Crippen molar-refractivity contribution in [3.05, 3.63) is 48.6 Å². The molecular formula is C22H29N5O2. The van der Waals surface area contributed by atoms with Gasteiger partial charge in [0.05, 0.1) is 25.3 Å². The number of hydrogen-bond acceptors (Lipinski definition) is 5. The zero-order chi connectivity index (χ0) is 20.1. The molecule has 2 fully saturated rings. The number of likely N-dealkylation sites (tertiary alicyclic amines) is 1. The van der Waals surface area contributed by atoms with Crippen LogP contribution in [0.3, 0.4) is 0 Å². The van der Waals surface area contributed by atoms with Gasteiger partial charge in [-0.1, -0.05) is 0 Å². The van der Waals surface area contributed by atoms with E-state index in [0.717, 1.165) is 63.6 Å². The summed E-state index contributed by atoms with van der Waals surface area (Å²) in [6.07, 6.45) is 9.01. The lowest BCUT2D eigenvalue weighted by Gasteiger charge is -2.43. The molecule has 4 rings (SSSR count). The molecule has 3 heterocycles. The van der Waals surface area contributed by atoms with Gasteiger partial charge >= 0.3 is 0 Å². The van der Waals surface area contributed by atoms with Crippen molar-refractivity contribution in [2.24, 2.45) is 0 Å². The minimum atomic E-state index is 0.0844. The Morgan fingerprint density at radius 3 is 2.66 bits per heavy atom. The van der Waals surface area contributed by atoms with Crippen LogP contribution in [-0.4, -0.2) is 78.1 Å². The van der Waals surface area contributed by atoms with Gasteiger partial charge in [0.2, 0.25) is 5.91 Å². The van der Waals surface area contributed by atoms with E-state index in [1.54, 1.807) is 31.8 Å². The van der Waals surface area contributed by atoms with Gasteiger partial charge in [0, 0.05) is 57.1 Å². The van der Waals surface area contributed by atoms with Gasteiger partial charge in [-0.2, -0.15) is 0 Å². The molecule has 0 saturated carbocycles. The molecule has 1 amide bonds. The summed E-state index contributed by atoms with van der Waals surface area (Å²) in [5.74, 6) is 0.974. The highest BCUT2D eigenvalue weighted by atomic mass is 16.5. The fourth-order valence-electron chi connectivity index (χ4n) is 4.22. The number of amides is 1. The first-order valence-electron chi connectivity index (χ1n) is 10.3. The second-order valence-electron chi connectivity index (χ2n) is 7.64. The molecule has 0 spiro atoms. The van der Waals surface area contributed by atoms with Crippen molar-refractivity contribution < 1.29 is 9.53 Å². The van der Waals surface area contributed by atoms with Crippen molar-refractivity contribution in [2.45, 2.75) is 18.9 Å². The minimum Gasteiger partial charge on any atom is -0.497 e. The highest BCUT2D eigenvalue weighted by molar-refractivity contribution is 5.91. The maximum absolute atomic E-state index is 12.6. The van der Waals surface area contributed by atoms with Crippen LogP contribution < -0.4 is 9.64 Å². The smallest absolute Gasteiger partial charge is 0.246 e. The number of piperazine rings is 1. The lowest BCUT2D eigenvalue weighted by atomic mass is 10.0. The molecule has 29 heavy (non-hydrogen) atoms. The number of hydrogen-bond donors (Lipinski definition) is 1. The molecule has 154 valence electrons. The number of rotatable bonds is 5. The average molecular weight is 396 g/mol. The van der Waals surface area contributed by atoms with Gasteiger partial charge in [-0.3, -0.25) is 9.69 Å². The monoisotopic (exact) mass is 395 g/mol. The topological polar surface area (TPSA) is 64.7 Å². The lowest BCUT2D eigenvalue weighted by Crippen LogP contribution is -2.55. The zero-order valence-corrected chi connectivity index (χ0v) is 17.0. The van der Waals surface area contributed by atoms with E-state index in [9.17, 15) is 4.79 Å². The highest BCUT2D eigenvalue weighted by Gasteiger charge is 2.29. The second-order valence-corrected chi connectivity index (χ2v) is 7.64. The third-order valence-electron chi connectivity index (χ3n) is 5.90. The molecule has 2 aromatic rings. The average Bonchev–Trinajstić information content (AvgIpc) is 3.31. The van der Waals surface area contributed by atoms with E-state index < -0.39 is 0 Å². The molecule has 7 heteroatoms. The molecule has 2 saturated heterocycles. The molecule has 2 aliphatic heterocycles. The number of nitrogens with zero attached hydrogens (tertiary/aromatic N) is 4. The molecule has 1 unspecified atom stereocenters. The number of imidazole rings is 1. The molecule has 1 aromatic carbocycles. The Labute approximate surface area is 172 Å². The first kappa shape index (κ1) is 19.5. The molecule has 0 bridgehead atoms. The largest absolute Gasteiger partial charge is 0.497 e. The van der Waals surface area contributed by atoms with Gasteiger partial charge in [0.15, 0.2) is 0 Å². The van der Waals surface area contributed by atoms with Crippen LogP contribution in [0.5, 0.6) is 5.75 Å². The van der Waals surface area contributed by atoms with Crippen molar-refractivity contribution in [3.63, 3.8) is 0 Å². The van der Waals surface area contributed by atoms with Crippen molar-refractivity contribution in [2.75, 3.05) is 51.3 Å². The molecule has 0 radical (unpaired) electrons. The van der Waals surface area contributed by atoms with Crippen molar-refractivity contribution in [3.8, 4) is 5.75 Å². The zero-order valence-electron chi connectivity index (χ0n) is 17.0. The predicted molar refractivity (Wildman–Crippen MR) is 114 cm³/mol. The van der Waals surface area contributed by atoms with Crippen molar-refractivity contribution >= 4 is 17.7 Å². The van der Waals surface area contributed by atoms with Gasteiger partial charge in [0.1, 0.15) is 5.75 Å². The first-order chi connectivity index (χ1) is 14.2. The van der Waals surface area contributed by atoms with E-state index in [0.29, 0.717) is 6.04 Å². The van der Waals surface area contributed by atoms with Gasteiger partial charge in [-0.15, -0.1) is 0 Å². The summed E-state index contributed by atoms with van der Waals surface area (Å²) in [5.41, 5.74) is 2.09. The number of benzene rings is 1. The molecule has 7 nitrogen and oxygen atoms in total. The number of aromatic amines is 1. The van der Waals surface area contributed by atoms with E-state index >= 15 is 0 Å². The third-order valence-corrected chi connectivity index (χ3v) is 5.90. The Kier molecular flexibility index (Phi) is 6.14. The van der Waals surface area contributed by atoms with Crippen LogP contribution in [0, 0.1) is 0 Å². The van der Waals surface area contributed by atoms with Crippen LogP contribution in [0.2, 0.25) is 0 Å². The van der Waals surface area contributed by atoms with Crippen LogP contribution >= 0.6 is 0 Å². The van der Waals surface area contributed by atoms with Crippen molar-refractivity contribution in [1.82, 2.24) is 19.8 Å². The molecular weight excluding hydrogens is 366 g/mol. The fraction of sp³-hybridized carbons (Fsp3) is 0.455. The normalized spacial score (nSPS) is 20.9. The summed E-state index contributed by atoms with van der Waals surface area (Å²) < 4.78 is 5.25. The number of carbonyl (C=O) groups is 1. The number of piperidine rings is 1. The van der Waals surface area contributed by atoms with E-state index in [2.05, 4.69) is 31.9 Å². The van der Waals surface area contributed by atoms with Gasteiger partial charge in [0.25, 0.3) is 0 Å². The van der Waals surface area contributed by atoms with Gasteiger partial charge in [-0.25, -0.2) is 4.98 Å². The summed E-state index contributed by atoms with van der Waals surface area (Å²) in [6.45, 7) is 5.74. The van der Waals surface area contributed by atoms with Crippen molar-refractivity contribution in [1.29, 1.82) is 0 Å². The Balaban J connectivity index is 1.29. The van der Waals surface area contributed by atoms with Crippen LogP contribution in [0.15, 0.2) is 42.9 Å². The van der Waals surface area contributed by atoms with Crippen LogP contribution in [0.1, 0.15) is 18.5 Å². The molecule has 1 atom stereocenters. The maximum atomic E-state index is 12.6. The van der Waals surface area contributed by atoms with E-state index in [1.165, 1.54) is 5.69 Å². The van der Waals surface area contributed by atoms with E-state index in [4.69, 9.17) is 4.74 Å². The summed E-state index contributed by atoms with van der Waals surface area (Å²) in [6, 6.07) is 8.74. The minimum absolute atomic E-state index is 0.0844. The first-order valence-corrected chi connectivity index (χ1v) is 10.3. The Morgan fingerprint density at radius 1 is 1.17 bits per heavy atom. The Morgan fingerprint density at radius 2 is 1.97 bits per heavy atom. The van der Waals surface area contributed by atoms with E-state index in [1.807, 2.05) is 17.0 Å².